The largest absolute Gasteiger partial charge is 0.462 e. The highest BCUT2D eigenvalue weighted by Gasteiger charge is 2.20. The maximum atomic E-state index is 12.9. The number of anilines is 1. The van der Waals surface area contributed by atoms with Crippen molar-refractivity contribution in [3.63, 3.8) is 0 Å². The number of para-hydroxylation sites is 1. The Bertz CT molecular complexity index is 1190. The van der Waals surface area contributed by atoms with Crippen LogP contribution in [-0.2, 0) is 14.8 Å². The van der Waals surface area contributed by atoms with E-state index in [0.717, 1.165) is 5.56 Å². The highest BCUT2D eigenvalue weighted by atomic mass is 32.2. The van der Waals surface area contributed by atoms with Crippen LogP contribution in [0.1, 0.15) is 46.2 Å². The van der Waals surface area contributed by atoms with Crippen LogP contribution >= 0.6 is 0 Å². The summed E-state index contributed by atoms with van der Waals surface area (Å²) in [5, 5.41) is 2.89. The molecule has 0 saturated heterocycles. The van der Waals surface area contributed by atoms with Crippen LogP contribution in [-0.4, -0.2) is 26.9 Å². The molecule has 32 heavy (non-hydrogen) atoms. The number of carbonyl (C=O) groups is 2. The first-order chi connectivity index (χ1) is 15.3. The number of hydrogen-bond donors (Lipinski definition) is 2. The summed E-state index contributed by atoms with van der Waals surface area (Å²) in [5.41, 5.74) is 1.53. The highest BCUT2D eigenvalue weighted by molar-refractivity contribution is 7.92. The number of carbonyl (C=O) groups excluding carboxylic acids is 2. The molecule has 0 aliphatic rings. The van der Waals surface area contributed by atoms with Crippen LogP contribution < -0.4 is 10.0 Å². The SMILES string of the molecule is CCOC(=O)c1ccc(S(=O)(=O)Nc2ccccc2C(=O)N[C@H](C)c2ccccc2)cc1. The lowest BCUT2D eigenvalue weighted by Gasteiger charge is -2.17. The maximum Gasteiger partial charge on any atom is 0.338 e. The minimum Gasteiger partial charge on any atom is -0.462 e. The summed E-state index contributed by atoms with van der Waals surface area (Å²) in [6.45, 7) is 3.77. The standard InChI is InChI=1S/C24H24N2O5S/c1-3-31-24(28)19-13-15-20(16-14-19)32(29,30)26-22-12-8-7-11-21(22)23(27)25-17(2)18-9-5-4-6-10-18/h4-17,26H,3H2,1-2H3,(H,25,27)/t17-/m1/s1. The van der Waals surface area contributed by atoms with Gasteiger partial charge in [0, 0.05) is 0 Å². The second kappa shape index (κ2) is 10.1. The molecule has 0 aromatic heterocycles. The van der Waals surface area contributed by atoms with Gasteiger partial charge in [0.05, 0.1) is 34.4 Å². The third kappa shape index (κ3) is 5.53. The predicted molar refractivity (Wildman–Crippen MR) is 122 cm³/mol. The lowest BCUT2D eigenvalue weighted by atomic mass is 10.1. The molecule has 1 amide bonds. The molecule has 3 rings (SSSR count). The number of benzene rings is 3. The van der Waals surface area contributed by atoms with Crippen LogP contribution in [0.15, 0.2) is 83.8 Å². The van der Waals surface area contributed by atoms with Crippen LogP contribution in [0.25, 0.3) is 0 Å². The number of nitrogens with one attached hydrogen (secondary N) is 2. The van der Waals surface area contributed by atoms with Crippen molar-refractivity contribution in [3.8, 4) is 0 Å². The first-order valence-corrected chi connectivity index (χ1v) is 11.5. The normalized spacial score (nSPS) is 11.9. The van der Waals surface area contributed by atoms with Gasteiger partial charge < -0.3 is 10.1 Å². The fourth-order valence-corrected chi connectivity index (χ4v) is 4.14. The molecule has 0 fully saturated rings. The molecule has 0 aliphatic heterocycles. The van der Waals surface area contributed by atoms with Crippen molar-refractivity contribution >= 4 is 27.6 Å². The lowest BCUT2D eigenvalue weighted by Crippen LogP contribution is -2.28. The summed E-state index contributed by atoms with van der Waals surface area (Å²) in [6.07, 6.45) is 0. The fourth-order valence-electron chi connectivity index (χ4n) is 3.06. The van der Waals surface area contributed by atoms with Crippen molar-refractivity contribution in [2.24, 2.45) is 0 Å². The van der Waals surface area contributed by atoms with Crippen LogP contribution in [0.2, 0.25) is 0 Å². The molecular formula is C24H24N2O5S. The number of sulfonamides is 1. The fraction of sp³-hybridized carbons (Fsp3) is 0.167. The van der Waals surface area contributed by atoms with Gasteiger partial charge in [0.25, 0.3) is 15.9 Å². The molecule has 7 nitrogen and oxygen atoms in total. The number of hydrogen-bond acceptors (Lipinski definition) is 5. The average Bonchev–Trinajstić information content (AvgIpc) is 2.80. The minimum absolute atomic E-state index is 0.0431. The first-order valence-electron chi connectivity index (χ1n) is 10.1. The molecule has 166 valence electrons. The summed E-state index contributed by atoms with van der Waals surface area (Å²) in [5.74, 6) is -0.934. The van der Waals surface area contributed by atoms with Gasteiger partial charge in [-0.25, -0.2) is 13.2 Å². The molecule has 2 N–H and O–H groups in total. The highest BCUT2D eigenvalue weighted by Crippen LogP contribution is 2.22. The quantitative estimate of drug-likeness (QED) is 0.500. The molecule has 0 aliphatic carbocycles. The van der Waals surface area contributed by atoms with Gasteiger partial charge in [-0.15, -0.1) is 0 Å². The molecule has 0 unspecified atom stereocenters. The molecule has 0 saturated carbocycles. The number of ether oxygens (including phenoxy) is 1. The van der Waals surface area contributed by atoms with Gasteiger partial charge in [-0.3, -0.25) is 9.52 Å². The summed E-state index contributed by atoms with van der Waals surface area (Å²) in [7, 11) is -3.99. The molecule has 3 aromatic rings. The van der Waals surface area contributed by atoms with Crippen molar-refractivity contribution in [1.29, 1.82) is 0 Å². The van der Waals surface area contributed by atoms with Crippen LogP contribution in [0.5, 0.6) is 0 Å². The minimum atomic E-state index is -3.99. The molecule has 0 bridgehead atoms. The number of esters is 1. The lowest BCUT2D eigenvalue weighted by molar-refractivity contribution is 0.0526. The van der Waals surface area contributed by atoms with E-state index in [-0.39, 0.29) is 34.4 Å². The average molecular weight is 453 g/mol. The maximum absolute atomic E-state index is 12.9. The summed E-state index contributed by atoms with van der Waals surface area (Å²) in [6, 6.07) is 21.0. The van der Waals surface area contributed by atoms with E-state index in [2.05, 4.69) is 10.0 Å². The Labute approximate surface area is 187 Å². The van der Waals surface area contributed by atoms with E-state index in [9.17, 15) is 18.0 Å². The van der Waals surface area contributed by atoms with Gasteiger partial charge in [-0.2, -0.15) is 0 Å². The van der Waals surface area contributed by atoms with Gasteiger partial charge >= 0.3 is 5.97 Å². The van der Waals surface area contributed by atoms with E-state index < -0.39 is 21.9 Å². The topological polar surface area (TPSA) is 102 Å². The monoisotopic (exact) mass is 452 g/mol. The zero-order chi connectivity index (χ0) is 23.1. The second-order valence-corrected chi connectivity index (χ2v) is 8.68. The van der Waals surface area contributed by atoms with E-state index in [0.29, 0.717) is 0 Å². The Morgan fingerprint density at radius 3 is 2.19 bits per heavy atom. The zero-order valence-electron chi connectivity index (χ0n) is 17.7. The van der Waals surface area contributed by atoms with E-state index in [1.807, 2.05) is 37.3 Å². The van der Waals surface area contributed by atoms with E-state index in [1.165, 1.54) is 30.3 Å². The van der Waals surface area contributed by atoms with Crippen LogP contribution in [0.4, 0.5) is 5.69 Å². The van der Waals surface area contributed by atoms with Crippen molar-refractivity contribution < 1.29 is 22.7 Å². The molecule has 0 radical (unpaired) electrons. The van der Waals surface area contributed by atoms with E-state index in [1.54, 1.807) is 25.1 Å². The zero-order valence-corrected chi connectivity index (χ0v) is 18.6. The smallest absolute Gasteiger partial charge is 0.338 e. The summed E-state index contributed by atoms with van der Waals surface area (Å²) < 4.78 is 33.1. The Kier molecular flexibility index (Phi) is 7.27. The second-order valence-electron chi connectivity index (χ2n) is 7.00. The molecule has 8 heteroatoms. The molecule has 0 spiro atoms. The van der Waals surface area contributed by atoms with Gasteiger partial charge in [0.15, 0.2) is 0 Å². The predicted octanol–water partition coefficient (Wildman–Crippen LogP) is 4.16. The van der Waals surface area contributed by atoms with Crippen molar-refractivity contribution in [2.75, 3.05) is 11.3 Å². The van der Waals surface area contributed by atoms with E-state index >= 15 is 0 Å². The third-order valence-electron chi connectivity index (χ3n) is 4.74. The summed E-state index contributed by atoms with van der Waals surface area (Å²) in [4.78, 5) is 24.6. The molecule has 3 aromatic carbocycles. The Balaban J connectivity index is 1.79. The Morgan fingerprint density at radius 2 is 1.53 bits per heavy atom. The van der Waals surface area contributed by atoms with Gasteiger partial charge in [0.1, 0.15) is 0 Å². The Hall–Kier alpha value is -3.65. The van der Waals surface area contributed by atoms with Crippen molar-refractivity contribution in [2.45, 2.75) is 24.8 Å². The van der Waals surface area contributed by atoms with Gasteiger partial charge in [-0.05, 0) is 55.8 Å². The van der Waals surface area contributed by atoms with Crippen LogP contribution in [0.3, 0.4) is 0 Å². The molecule has 1 atom stereocenters. The number of amides is 1. The van der Waals surface area contributed by atoms with Crippen molar-refractivity contribution in [3.05, 3.63) is 95.6 Å². The van der Waals surface area contributed by atoms with Crippen molar-refractivity contribution in [1.82, 2.24) is 5.32 Å². The van der Waals surface area contributed by atoms with Crippen LogP contribution in [0, 0.1) is 0 Å². The molecule has 0 heterocycles. The van der Waals surface area contributed by atoms with E-state index in [4.69, 9.17) is 4.74 Å². The Morgan fingerprint density at radius 1 is 0.906 bits per heavy atom. The summed E-state index contributed by atoms with van der Waals surface area (Å²) >= 11 is 0. The van der Waals surface area contributed by atoms with Gasteiger partial charge in [-0.1, -0.05) is 42.5 Å². The first kappa shape index (κ1) is 23.0. The molecular weight excluding hydrogens is 428 g/mol. The third-order valence-corrected chi connectivity index (χ3v) is 6.12. The number of rotatable bonds is 8. The van der Waals surface area contributed by atoms with Gasteiger partial charge in [0.2, 0.25) is 0 Å².